The maximum Gasteiger partial charge on any atom is 0.184 e. The predicted octanol–water partition coefficient (Wildman–Crippen LogP) is 3.57. The standard InChI is InChI=1S/C12H14F2N2OS/c1-3-17-6-7(2)16-11-9(15-12(16)18)5-4-8(13)10(11)14/h4-5,7H,3,6H2,1-2H3,(H,15,18). The van der Waals surface area contributed by atoms with Crippen LogP contribution in [0, 0.1) is 16.4 Å². The van der Waals surface area contributed by atoms with E-state index in [9.17, 15) is 8.78 Å². The van der Waals surface area contributed by atoms with Gasteiger partial charge in [-0.1, -0.05) is 0 Å². The van der Waals surface area contributed by atoms with Gasteiger partial charge < -0.3 is 14.3 Å². The van der Waals surface area contributed by atoms with Gasteiger partial charge in [-0.05, 0) is 38.2 Å². The lowest BCUT2D eigenvalue weighted by molar-refractivity contribution is 0.119. The topological polar surface area (TPSA) is 29.9 Å². The third kappa shape index (κ3) is 2.18. The lowest BCUT2D eigenvalue weighted by Crippen LogP contribution is -2.13. The molecule has 2 rings (SSSR count). The number of aromatic amines is 1. The van der Waals surface area contributed by atoms with Gasteiger partial charge in [-0.15, -0.1) is 0 Å². The fraction of sp³-hybridized carbons (Fsp3) is 0.417. The summed E-state index contributed by atoms with van der Waals surface area (Å²) in [6.45, 7) is 4.69. The van der Waals surface area contributed by atoms with Crippen molar-refractivity contribution in [1.29, 1.82) is 0 Å². The Morgan fingerprint density at radius 2 is 2.17 bits per heavy atom. The highest BCUT2D eigenvalue weighted by Gasteiger charge is 2.17. The van der Waals surface area contributed by atoms with Crippen LogP contribution in [0.15, 0.2) is 12.1 Å². The van der Waals surface area contributed by atoms with Gasteiger partial charge in [-0.3, -0.25) is 0 Å². The first-order valence-electron chi connectivity index (χ1n) is 5.72. The van der Waals surface area contributed by atoms with Gasteiger partial charge in [-0.25, -0.2) is 8.78 Å². The number of H-pyrrole nitrogens is 1. The van der Waals surface area contributed by atoms with E-state index in [1.165, 1.54) is 6.07 Å². The van der Waals surface area contributed by atoms with E-state index >= 15 is 0 Å². The molecule has 3 nitrogen and oxygen atoms in total. The first kappa shape index (κ1) is 13.2. The van der Waals surface area contributed by atoms with Crippen molar-refractivity contribution < 1.29 is 13.5 Å². The minimum Gasteiger partial charge on any atom is -0.380 e. The van der Waals surface area contributed by atoms with Gasteiger partial charge in [0, 0.05) is 6.61 Å². The molecule has 1 atom stereocenters. The van der Waals surface area contributed by atoms with E-state index in [-0.39, 0.29) is 11.6 Å². The van der Waals surface area contributed by atoms with E-state index in [0.29, 0.717) is 23.5 Å². The zero-order valence-corrected chi connectivity index (χ0v) is 11.0. The van der Waals surface area contributed by atoms with Crippen LogP contribution in [0.3, 0.4) is 0 Å². The molecule has 0 bridgehead atoms. The van der Waals surface area contributed by atoms with E-state index in [4.69, 9.17) is 17.0 Å². The molecule has 1 unspecified atom stereocenters. The van der Waals surface area contributed by atoms with Crippen molar-refractivity contribution in [3.63, 3.8) is 0 Å². The fourth-order valence-electron chi connectivity index (χ4n) is 1.94. The van der Waals surface area contributed by atoms with Gasteiger partial charge in [0.2, 0.25) is 0 Å². The number of nitrogens with zero attached hydrogens (tertiary/aromatic N) is 1. The molecule has 0 aliphatic rings. The summed E-state index contributed by atoms with van der Waals surface area (Å²) >= 11 is 5.15. The largest absolute Gasteiger partial charge is 0.380 e. The average molecular weight is 272 g/mol. The maximum atomic E-state index is 13.9. The predicted molar refractivity (Wildman–Crippen MR) is 68.2 cm³/mol. The molecule has 0 spiro atoms. The number of imidazole rings is 1. The highest BCUT2D eigenvalue weighted by molar-refractivity contribution is 7.71. The number of nitrogens with one attached hydrogen (secondary N) is 1. The molecule has 0 aliphatic heterocycles. The van der Waals surface area contributed by atoms with Crippen LogP contribution >= 0.6 is 12.2 Å². The molecule has 18 heavy (non-hydrogen) atoms. The molecule has 0 radical (unpaired) electrons. The molecule has 0 saturated carbocycles. The van der Waals surface area contributed by atoms with Crippen LogP contribution in [0.1, 0.15) is 19.9 Å². The van der Waals surface area contributed by atoms with Crippen LogP contribution in [0.25, 0.3) is 11.0 Å². The Bertz CT molecular complexity index is 620. The van der Waals surface area contributed by atoms with E-state index in [2.05, 4.69) is 4.98 Å². The van der Waals surface area contributed by atoms with Crippen molar-refractivity contribution in [3.8, 4) is 0 Å². The molecule has 2 aromatic rings. The van der Waals surface area contributed by atoms with Crippen LogP contribution in [0.5, 0.6) is 0 Å². The Kier molecular flexibility index (Phi) is 3.77. The van der Waals surface area contributed by atoms with Crippen molar-refractivity contribution in [2.75, 3.05) is 13.2 Å². The van der Waals surface area contributed by atoms with Gasteiger partial charge in [0.1, 0.15) is 5.52 Å². The van der Waals surface area contributed by atoms with Crippen molar-refractivity contribution in [1.82, 2.24) is 9.55 Å². The molecule has 1 N–H and O–H groups in total. The highest BCUT2D eigenvalue weighted by Crippen LogP contribution is 2.23. The summed E-state index contributed by atoms with van der Waals surface area (Å²) in [7, 11) is 0. The lowest BCUT2D eigenvalue weighted by atomic mass is 10.2. The van der Waals surface area contributed by atoms with Crippen molar-refractivity contribution in [2.45, 2.75) is 19.9 Å². The third-order valence-electron chi connectivity index (χ3n) is 2.77. The normalized spacial score (nSPS) is 13.1. The second kappa shape index (κ2) is 5.16. The summed E-state index contributed by atoms with van der Waals surface area (Å²) in [6, 6.07) is 2.40. The average Bonchev–Trinajstić information content (AvgIpc) is 2.68. The minimum absolute atomic E-state index is 0.159. The van der Waals surface area contributed by atoms with E-state index < -0.39 is 11.6 Å². The second-order valence-electron chi connectivity index (χ2n) is 4.07. The summed E-state index contributed by atoms with van der Waals surface area (Å²) in [6.07, 6.45) is 0. The number of rotatable bonds is 4. The Morgan fingerprint density at radius 1 is 1.44 bits per heavy atom. The molecular formula is C12H14F2N2OS. The third-order valence-corrected chi connectivity index (χ3v) is 3.07. The summed E-state index contributed by atoms with van der Waals surface area (Å²) < 4.78 is 34.4. The number of hydrogen-bond acceptors (Lipinski definition) is 2. The molecular weight excluding hydrogens is 258 g/mol. The first-order chi connectivity index (χ1) is 8.56. The second-order valence-corrected chi connectivity index (χ2v) is 4.45. The molecule has 0 fully saturated rings. The fourth-order valence-corrected chi connectivity index (χ4v) is 2.32. The van der Waals surface area contributed by atoms with Crippen molar-refractivity contribution >= 4 is 23.3 Å². The minimum atomic E-state index is -0.886. The van der Waals surface area contributed by atoms with Crippen molar-refractivity contribution in [3.05, 3.63) is 28.5 Å². The summed E-state index contributed by atoms with van der Waals surface area (Å²) in [5.41, 5.74) is 0.648. The van der Waals surface area contributed by atoms with Gasteiger partial charge in [-0.2, -0.15) is 0 Å². The van der Waals surface area contributed by atoms with E-state index in [1.54, 1.807) is 4.57 Å². The Morgan fingerprint density at radius 3 is 2.83 bits per heavy atom. The zero-order chi connectivity index (χ0) is 13.3. The zero-order valence-electron chi connectivity index (χ0n) is 10.2. The maximum absolute atomic E-state index is 13.9. The SMILES string of the molecule is CCOCC(C)n1c(=S)[nH]c2ccc(F)c(F)c21. The number of halogens is 2. The molecule has 0 amide bonds. The first-order valence-corrected chi connectivity index (χ1v) is 6.13. The van der Waals surface area contributed by atoms with E-state index in [1.807, 2.05) is 13.8 Å². The molecule has 6 heteroatoms. The highest BCUT2D eigenvalue weighted by atomic mass is 32.1. The Hall–Kier alpha value is -1.27. The van der Waals surface area contributed by atoms with Gasteiger partial charge >= 0.3 is 0 Å². The number of aromatic nitrogens is 2. The van der Waals surface area contributed by atoms with Crippen LogP contribution in [-0.4, -0.2) is 22.8 Å². The smallest absolute Gasteiger partial charge is 0.184 e. The Labute approximate surface area is 108 Å². The van der Waals surface area contributed by atoms with Crippen LogP contribution < -0.4 is 0 Å². The summed E-state index contributed by atoms with van der Waals surface area (Å²) in [5, 5.41) is 0. The monoisotopic (exact) mass is 272 g/mol. The molecule has 0 saturated heterocycles. The van der Waals surface area contributed by atoms with Crippen LogP contribution in [0.4, 0.5) is 8.78 Å². The van der Waals surface area contributed by atoms with Crippen LogP contribution in [0.2, 0.25) is 0 Å². The molecule has 98 valence electrons. The quantitative estimate of drug-likeness (QED) is 0.862. The number of ether oxygens (including phenoxy) is 1. The van der Waals surface area contributed by atoms with Gasteiger partial charge in [0.25, 0.3) is 0 Å². The number of fused-ring (bicyclic) bond motifs is 1. The number of hydrogen-bond donors (Lipinski definition) is 1. The molecule has 1 aromatic heterocycles. The van der Waals surface area contributed by atoms with Crippen molar-refractivity contribution in [2.24, 2.45) is 0 Å². The lowest BCUT2D eigenvalue weighted by Gasteiger charge is -2.14. The summed E-state index contributed by atoms with van der Waals surface area (Å²) in [4.78, 5) is 2.87. The number of benzene rings is 1. The Balaban J connectivity index is 2.59. The van der Waals surface area contributed by atoms with Gasteiger partial charge in [0.15, 0.2) is 16.4 Å². The molecule has 1 aromatic carbocycles. The summed E-state index contributed by atoms with van der Waals surface area (Å²) in [5.74, 6) is -1.77. The van der Waals surface area contributed by atoms with Gasteiger partial charge in [0.05, 0.1) is 18.2 Å². The van der Waals surface area contributed by atoms with E-state index in [0.717, 1.165) is 6.07 Å². The molecule has 0 aliphatic carbocycles. The molecule has 1 heterocycles. The van der Waals surface area contributed by atoms with Crippen LogP contribution in [-0.2, 0) is 4.74 Å².